The van der Waals surface area contributed by atoms with Crippen LogP contribution in [0.15, 0.2) is 60.7 Å². The fraction of sp³-hybridized carbons (Fsp3) is 0.0500. The molecule has 0 amide bonds. The Balaban J connectivity index is 1.82. The summed E-state index contributed by atoms with van der Waals surface area (Å²) in [6.45, 7) is 0. The molecule has 0 saturated heterocycles. The summed E-state index contributed by atoms with van der Waals surface area (Å²) in [5.74, 6) is 0.608. The van der Waals surface area contributed by atoms with Gasteiger partial charge >= 0.3 is 6.18 Å². The van der Waals surface area contributed by atoms with Crippen molar-refractivity contribution in [3.63, 3.8) is 0 Å². The molecule has 3 aromatic rings. The van der Waals surface area contributed by atoms with Crippen LogP contribution in [-0.4, -0.2) is 17.5 Å². The number of hydrogen-bond acceptors (Lipinski definition) is 4. The Hall–Kier alpha value is -3.48. The zero-order chi connectivity index (χ0) is 19.4. The first-order valence-electron chi connectivity index (χ1n) is 7.83. The minimum Gasteiger partial charge on any atom is -0.457 e. The third-order valence-corrected chi connectivity index (χ3v) is 3.76. The lowest BCUT2D eigenvalue weighted by Gasteiger charge is -2.12. The van der Waals surface area contributed by atoms with Crippen LogP contribution < -0.4 is 4.74 Å². The van der Waals surface area contributed by atoms with Gasteiger partial charge in [0.25, 0.3) is 0 Å². The van der Waals surface area contributed by atoms with Crippen molar-refractivity contribution in [1.29, 1.82) is 5.41 Å². The standard InChI is InChI=1S/C20H13F3N2O2/c21-20(22,23)18-9-8-17(10-14(18)11-24)27-16-6-4-13(5-7-16)19-3-1-2-15(12-26)25-19/h1-12,24H. The van der Waals surface area contributed by atoms with Gasteiger partial charge in [-0.25, -0.2) is 4.98 Å². The van der Waals surface area contributed by atoms with Crippen LogP contribution in [0.4, 0.5) is 13.2 Å². The minimum atomic E-state index is -4.53. The average Bonchev–Trinajstić information content (AvgIpc) is 2.67. The van der Waals surface area contributed by atoms with Crippen LogP contribution in [-0.2, 0) is 6.18 Å². The van der Waals surface area contributed by atoms with Crippen molar-refractivity contribution >= 4 is 12.5 Å². The number of carbonyl (C=O) groups excluding carboxylic acids is 1. The van der Waals surface area contributed by atoms with Crippen LogP contribution in [0.25, 0.3) is 11.3 Å². The zero-order valence-electron chi connectivity index (χ0n) is 13.8. The summed E-state index contributed by atoms with van der Waals surface area (Å²) in [5.41, 5.74) is 0.537. The number of carbonyl (C=O) groups is 1. The van der Waals surface area contributed by atoms with E-state index in [-0.39, 0.29) is 11.3 Å². The monoisotopic (exact) mass is 370 g/mol. The Morgan fingerprint density at radius 1 is 0.963 bits per heavy atom. The van der Waals surface area contributed by atoms with Crippen molar-refractivity contribution in [3.8, 4) is 22.8 Å². The summed E-state index contributed by atoms with van der Waals surface area (Å²) in [4.78, 5) is 15.0. The number of aromatic nitrogens is 1. The van der Waals surface area contributed by atoms with Crippen molar-refractivity contribution < 1.29 is 22.7 Å². The van der Waals surface area contributed by atoms with E-state index in [0.717, 1.165) is 11.6 Å². The van der Waals surface area contributed by atoms with Gasteiger partial charge in [-0.3, -0.25) is 4.79 Å². The van der Waals surface area contributed by atoms with E-state index in [1.165, 1.54) is 12.1 Å². The number of alkyl halides is 3. The summed E-state index contributed by atoms with van der Waals surface area (Å²) < 4.78 is 44.2. The molecule has 0 atom stereocenters. The highest BCUT2D eigenvalue weighted by molar-refractivity contribution is 5.80. The Bertz CT molecular complexity index is 983. The Morgan fingerprint density at radius 2 is 1.67 bits per heavy atom. The van der Waals surface area contributed by atoms with E-state index >= 15 is 0 Å². The molecule has 0 aliphatic carbocycles. The predicted molar refractivity (Wildman–Crippen MR) is 94.5 cm³/mol. The number of ether oxygens (including phenoxy) is 1. The molecule has 0 aliphatic rings. The molecule has 3 rings (SSSR count). The second-order valence-corrected chi connectivity index (χ2v) is 5.58. The second kappa shape index (κ2) is 7.41. The predicted octanol–water partition coefficient (Wildman–Crippen LogP) is 5.37. The summed E-state index contributed by atoms with van der Waals surface area (Å²) >= 11 is 0. The molecule has 1 aromatic heterocycles. The molecule has 0 aliphatic heterocycles. The number of rotatable bonds is 5. The van der Waals surface area contributed by atoms with Crippen LogP contribution in [0.5, 0.6) is 11.5 Å². The summed E-state index contributed by atoms with van der Waals surface area (Å²) in [6, 6.07) is 15.1. The molecule has 0 unspecified atom stereocenters. The number of halogens is 3. The summed E-state index contributed by atoms with van der Waals surface area (Å²) in [6.07, 6.45) is -3.23. The van der Waals surface area contributed by atoms with Gasteiger partial charge in [0.1, 0.15) is 17.2 Å². The third-order valence-electron chi connectivity index (χ3n) is 3.76. The molecule has 27 heavy (non-hydrogen) atoms. The van der Waals surface area contributed by atoms with E-state index in [2.05, 4.69) is 4.98 Å². The maximum Gasteiger partial charge on any atom is 0.417 e. The van der Waals surface area contributed by atoms with E-state index in [1.54, 1.807) is 42.5 Å². The lowest BCUT2D eigenvalue weighted by Crippen LogP contribution is -2.08. The molecule has 136 valence electrons. The smallest absolute Gasteiger partial charge is 0.417 e. The van der Waals surface area contributed by atoms with Gasteiger partial charge in [-0.2, -0.15) is 13.2 Å². The number of hydrogen-bond donors (Lipinski definition) is 1. The van der Waals surface area contributed by atoms with Crippen molar-refractivity contribution in [2.24, 2.45) is 0 Å². The normalized spacial score (nSPS) is 11.1. The van der Waals surface area contributed by atoms with Gasteiger partial charge in [0, 0.05) is 17.3 Å². The maximum absolute atomic E-state index is 12.9. The van der Waals surface area contributed by atoms with Crippen molar-refractivity contribution in [3.05, 3.63) is 77.5 Å². The lowest BCUT2D eigenvalue weighted by molar-refractivity contribution is -0.137. The lowest BCUT2D eigenvalue weighted by atomic mass is 10.1. The van der Waals surface area contributed by atoms with Gasteiger partial charge in [-0.1, -0.05) is 6.07 Å². The molecule has 0 spiro atoms. The van der Waals surface area contributed by atoms with Gasteiger partial charge in [0.05, 0.1) is 11.3 Å². The topological polar surface area (TPSA) is 63.0 Å². The SMILES string of the molecule is N=Cc1cc(Oc2ccc(-c3cccc(C=O)n3)cc2)ccc1C(F)(F)F. The molecular formula is C20H13F3N2O2. The fourth-order valence-electron chi connectivity index (χ4n) is 2.49. The Morgan fingerprint density at radius 3 is 2.30 bits per heavy atom. The van der Waals surface area contributed by atoms with E-state index in [4.69, 9.17) is 10.1 Å². The number of nitrogens with zero attached hydrogens (tertiary/aromatic N) is 1. The molecule has 0 saturated carbocycles. The van der Waals surface area contributed by atoms with Gasteiger partial charge in [-0.05, 0) is 54.6 Å². The number of pyridine rings is 1. The summed E-state index contributed by atoms with van der Waals surface area (Å²) in [7, 11) is 0. The number of benzene rings is 2. The molecule has 1 heterocycles. The first-order valence-corrected chi connectivity index (χ1v) is 7.83. The third kappa shape index (κ3) is 4.20. The van der Waals surface area contributed by atoms with Gasteiger partial charge < -0.3 is 10.1 Å². The molecule has 0 radical (unpaired) electrons. The Kier molecular flexibility index (Phi) is 5.03. The number of nitrogens with one attached hydrogen (secondary N) is 1. The van der Waals surface area contributed by atoms with Crippen LogP contribution in [0, 0.1) is 5.41 Å². The molecule has 4 nitrogen and oxygen atoms in total. The molecule has 1 N–H and O–H groups in total. The van der Waals surface area contributed by atoms with E-state index in [9.17, 15) is 18.0 Å². The largest absolute Gasteiger partial charge is 0.457 e. The average molecular weight is 370 g/mol. The second-order valence-electron chi connectivity index (χ2n) is 5.58. The highest BCUT2D eigenvalue weighted by atomic mass is 19.4. The fourth-order valence-corrected chi connectivity index (χ4v) is 2.49. The quantitative estimate of drug-likeness (QED) is 0.485. The highest BCUT2D eigenvalue weighted by Gasteiger charge is 2.33. The van der Waals surface area contributed by atoms with Crippen LogP contribution in [0.1, 0.15) is 21.6 Å². The van der Waals surface area contributed by atoms with Crippen LogP contribution in [0.3, 0.4) is 0 Å². The van der Waals surface area contributed by atoms with E-state index < -0.39 is 11.7 Å². The molecule has 0 bridgehead atoms. The first kappa shape index (κ1) is 18.3. The van der Waals surface area contributed by atoms with Gasteiger partial charge in [-0.15, -0.1) is 0 Å². The first-order chi connectivity index (χ1) is 12.9. The van der Waals surface area contributed by atoms with E-state index in [1.807, 2.05) is 0 Å². The van der Waals surface area contributed by atoms with Gasteiger partial charge in [0.15, 0.2) is 6.29 Å². The molecule has 0 fully saturated rings. The van der Waals surface area contributed by atoms with Gasteiger partial charge in [0.2, 0.25) is 0 Å². The van der Waals surface area contributed by atoms with E-state index in [0.29, 0.717) is 29.6 Å². The molecule has 2 aromatic carbocycles. The molecule has 7 heteroatoms. The number of aldehydes is 1. The minimum absolute atomic E-state index is 0.190. The van der Waals surface area contributed by atoms with Crippen molar-refractivity contribution in [2.45, 2.75) is 6.18 Å². The maximum atomic E-state index is 12.9. The highest BCUT2D eigenvalue weighted by Crippen LogP contribution is 2.34. The Labute approximate surface area is 152 Å². The van der Waals surface area contributed by atoms with Crippen molar-refractivity contribution in [1.82, 2.24) is 4.98 Å². The van der Waals surface area contributed by atoms with Crippen molar-refractivity contribution in [2.75, 3.05) is 0 Å². The zero-order valence-corrected chi connectivity index (χ0v) is 13.8. The van der Waals surface area contributed by atoms with Crippen LogP contribution >= 0.6 is 0 Å². The molecular weight excluding hydrogens is 357 g/mol. The summed E-state index contributed by atoms with van der Waals surface area (Å²) in [5, 5.41) is 7.19. The van der Waals surface area contributed by atoms with Crippen LogP contribution in [0.2, 0.25) is 0 Å².